The molecule has 1 aliphatic carbocycles. The molecule has 1 aromatic heterocycles. The molecule has 2 aromatic carbocycles. The van der Waals surface area contributed by atoms with Crippen molar-refractivity contribution in [2.45, 2.75) is 38.7 Å². The number of para-hydroxylation sites is 1. The molecular weight excluding hydrogens is 294 g/mol. The molecule has 4 rings (SSSR count). The predicted octanol–water partition coefficient (Wildman–Crippen LogP) is 5.55. The third kappa shape index (κ3) is 3.59. The largest absolute Gasteiger partial charge is 0.487 e. The van der Waals surface area contributed by atoms with E-state index in [2.05, 4.69) is 41.4 Å². The molecule has 2 heteroatoms. The molecule has 0 N–H and O–H groups in total. The maximum absolute atomic E-state index is 5.90. The Morgan fingerprint density at radius 1 is 0.875 bits per heavy atom. The summed E-state index contributed by atoms with van der Waals surface area (Å²) in [6.45, 7) is 0.507. The van der Waals surface area contributed by atoms with E-state index < -0.39 is 0 Å². The van der Waals surface area contributed by atoms with Crippen LogP contribution in [0.5, 0.6) is 5.75 Å². The van der Waals surface area contributed by atoms with E-state index in [0.29, 0.717) is 6.61 Å². The maximum Gasteiger partial charge on any atom is 0.130 e. The molecule has 1 aliphatic rings. The Labute approximate surface area is 143 Å². The molecule has 0 radical (unpaired) electrons. The highest BCUT2D eigenvalue weighted by atomic mass is 16.5. The fourth-order valence-corrected chi connectivity index (χ4v) is 3.62. The number of pyridine rings is 1. The highest BCUT2D eigenvalue weighted by molar-refractivity contribution is 5.78. The Bertz CT molecular complexity index is 804. The van der Waals surface area contributed by atoms with Crippen molar-refractivity contribution in [1.82, 2.24) is 4.98 Å². The molecule has 1 heterocycles. The van der Waals surface area contributed by atoms with Crippen LogP contribution in [0.2, 0.25) is 0 Å². The first kappa shape index (κ1) is 15.2. The summed E-state index contributed by atoms with van der Waals surface area (Å²) in [5.74, 6) is 1.80. The average molecular weight is 317 g/mol. The average Bonchev–Trinajstić information content (AvgIpc) is 3.14. The molecule has 0 bridgehead atoms. The van der Waals surface area contributed by atoms with E-state index in [1.165, 1.54) is 37.7 Å². The lowest BCUT2D eigenvalue weighted by Gasteiger charge is -2.10. The quantitative estimate of drug-likeness (QED) is 0.616. The zero-order valence-corrected chi connectivity index (χ0v) is 13.9. The number of hydrogen-bond donors (Lipinski definition) is 0. The second-order valence-electron chi connectivity index (χ2n) is 6.78. The SMILES string of the molecule is c1ccc2nc(COc3ccc(CC4CCCC4)cc3)ccc2c1. The van der Waals surface area contributed by atoms with Crippen LogP contribution in [0.15, 0.2) is 60.7 Å². The van der Waals surface area contributed by atoms with Gasteiger partial charge in [-0.25, -0.2) is 4.98 Å². The lowest BCUT2D eigenvalue weighted by molar-refractivity contribution is 0.301. The number of fused-ring (bicyclic) bond motifs is 1. The summed E-state index contributed by atoms with van der Waals surface area (Å²) in [6.07, 6.45) is 6.82. The van der Waals surface area contributed by atoms with Gasteiger partial charge in [-0.3, -0.25) is 0 Å². The van der Waals surface area contributed by atoms with Gasteiger partial charge in [-0.1, -0.05) is 62.1 Å². The molecule has 0 saturated heterocycles. The summed E-state index contributed by atoms with van der Waals surface area (Å²) in [5.41, 5.74) is 3.41. The van der Waals surface area contributed by atoms with Gasteiger partial charge in [-0.15, -0.1) is 0 Å². The van der Waals surface area contributed by atoms with Crippen LogP contribution >= 0.6 is 0 Å². The fourth-order valence-electron chi connectivity index (χ4n) is 3.62. The van der Waals surface area contributed by atoms with Gasteiger partial charge in [0, 0.05) is 5.39 Å². The molecule has 0 unspecified atom stereocenters. The minimum atomic E-state index is 0.507. The predicted molar refractivity (Wildman–Crippen MR) is 98.2 cm³/mol. The van der Waals surface area contributed by atoms with E-state index in [9.17, 15) is 0 Å². The van der Waals surface area contributed by atoms with E-state index in [0.717, 1.165) is 28.3 Å². The van der Waals surface area contributed by atoms with Gasteiger partial charge in [0.2, 0.25) is 0 Å². The molecule has 0 atom stereocenters. The fraction of sp³-hybridized carbons (Fsp3) is 0.318. The van der Waals surface area contributed by atoms with Crippen LogP contribution in [0.4, 0.5) is 0 Å². The normalized spacial score (nSPS) is 15.0. The summed E-state index contributed by atoms with van der Waals surface area (Å²) in [5, 5.41) is 1.16. The van der Waals surface area contributed by atoms with Crippen molar-refractivity contribution in [3.8, 4) is 5.75 Å². The van der Waals surface area contributed by atoms with Crippen LogP contribution < -0.4 is 4.74 Å². The van der Waals surface area contributed by atoms with Crippen molar-refractivity contribution in [3.63, 3.8) is 0 Å². The molecule has 3 aromatic rings. The van der Waals surface area contributed by atoms with E-state index in [4.69, 9.17) is 4.74 Å². The van der Waals surface area contributed by atoms with Crippen LogP contribution in [0.25, 0.3) is 10.9 Å². The third-order valence-electron chi connectivity index (χ3n) is 4.97. The summed E-state index contributed by atoms with van der Waals surface area (Å²) in [4.78, 5) is 4.65. The first-order valence-electron chi connectivity index (χ1n) is 8.93. The summed E-state index contributed by atoms with van der Waals surface area (Å²) < 4.78 is 5.90. The van der Waals surface area contributed by atoms with Crippen molar-refractivity contribution < 1.29 is 4.74 Å². The maximum atomic E-state index is 5.90. The molecule has 122 valence electrons. The molecule has 1 saturated carbocycles. The smallest absolute Gasteiger partial charge is 0.130 e. The number of benzene rings is 2. The summed E-state index contributed by atoms with van der Waals surface area (Å²) in [7, 11) is 0. The van der Waals surface area contributed by atoms with Gasteiger partial charge in [0.15, 0.2) is 0 Å². The van der Waals surface area contributed by atoms with Gasteiger partial charge >= 0.3 is 0 Å². The van der Waals surface area contributed by atoms with Gasteiger partial charge in [-0.2, -0.15) is 0 Å². The third-order valence-corrected chi connectivity index (χ3v) is 4.97. The molecule has 24 heavy (non-hydrogen) atoms. The Balaban J connectivity index is 1.37. The Morgan fingerprint density at radius 2 is 1.67 bits per heavy atom. The van der Waals surface area contributed by atoms with Crippen molar-refractivity contribution in [3.05, 3.63) is 71.9 Å². The second-order valence-corrected chi connectivity index (χ2v) is 6.78. The van der Waals surface area contributed by atoms with Crippen molar-refractivity contribution >= 4 is 10.9 Å². The first-order chi connectivity index (χ1) is 11.9. The van der Waals surface area contributed by atoms with Gasteiger partial charge in [0.1, 0.15) is 12.4 Å². The molecule has 1 fully saturated rings. The van der Waals surface area contributed by atoms with E-state index >= 15 is 0 Å². The lowest BCUT2D eigenvalue weighted by Crippen LogP contribution is -2.00. The lowest BCUT2D eigenvalue weighted by atomic mass is 9.98. The molecular formula is C22H23NO. The number of ether oxygens (including phenoxy) is 1. The number of hydrogen-bond acceptors (Lipinski definition) is 2. The number of nitrogens with zero attached hydrogens (tertiary/aromatic N) is 1. The van der Waals surface area contributed by atoms with Crippen LogP contribution in [0, 0.1) is 5.92 Å². The molecule has 0 amide bonds. The van der Waals surface area contributed by atoms with Crippen LogP contribution in [0.1, 0.15) is 36.9 Å². The van der Waals surface area contributed by atoms with E-state index in [-0.39, 0.29) is 0 Å². The zero-order chi connectivity index (χ0) is 16.2. The minimum Gasteiger partial charge on any atom is -0.487 e. The molecule has 0 aliphatic heterocycles. The van der Waals surface area contributed by atoms with Gasteiger partial charge in [-0.05, 0) is 42.2 Å². The van der Waals surface area contributed by atoms with Crippen LogP contribution in [-0.4, -0.2) is 4.98 Å². The number of rotatable bonds is 5. The number of aromatic nitrogens is 1. The zero-order valence-electron chi connectivity index (χ0n) is 13.9. The molecule has 0 spiro atoms. The minimum absolute atomic E-state index is 0.507. The van der Waals surface area contributed by atoms with Crippen molar-refractivity contribution in [2.24, 2.45) is 5.92 Å². The standard InChI is InChI=1S/C22H23NO/c1-2-6-17(5-1)15-18-9-13-21(14-10-18)24-16-20-12-11-19-7-3-4-8-22(19)23-20/h3-4,7-14,17H,1-2,5-6,15-16H2. The monoisotopic (exact) mass is 317 g/mol. The van der Waals surface area contributed by atoms with Gasteiger partial charge in [0.05, 0.1) is 11.2 Å². The van der Waals surface area contributed by atoms with E-state index in [1.807, 2.05) is 24.3 Å². The van der Waals surface area contributed by atoms with Crippen LogP contribution in [-0.2, 0) is 13.0 Å². The Morgan fingerprint density at radius 3 is 2.50 bits per heavy atom. The highest BCUT2D eigenvalue weighted by Gasteiger charge is 2.15. The summed E-state index contributed by atoms with van der Waals surface area (Å²) >= 11 is 0. The van der Waals surface area contributed by atoms with Gasteiger partial charge in [0.25, 0.3) is 0 Å². The topological polar surface area (TPSA) is 22.1 Å². The Kier molecular flexibility index (Phi) is 4.46. The van der Waals surface area contributed by atoms with Gasteiger partial charge < -0.3 is 4.74 Å². The van der Waals surface area contributed by atoms with Crippen LogP contribution in [0.3, 0.4) is 0 Å². The van der Waals surface area contributed by atoms with E-state index in [1.54, 1.807) is 0 Å². The molecule has 2 nitrogen and oxygen atoms in total. The van der Waals surface area contributed by atoms with Crippen molar-refractivity contribution in [2.75, 3.05) is 0 Å². The van der Waals surface area contributed by atoms with Crippen molar-refractivity contribution in [1.29, 1.82) is 0 Å². The second kappa shape index (κ2) is 7.04. The summed E-state index contributed by atoms with van der Waals surface area (Å²) in [6, 6.07) is 20.9. The first-order valence-corrected chi connectivity index (χ1v) is 8.93. The Hall–Kier alpha value is -2.35. The highest BCUT2D eigenvalue weighted by Crippen LogP contribution is 2.28.